The van der Waals surface area contributed by atoms with E-state index in [1.54, 1.807) is 0 Å². The fraction of sp³-hybridized carbons (Fsp3) is 0.364. The minimum atomic E-state index is -0.693. The van der Waals surface area contributed by atoms with Crippen molar-refractivity contribution in [3.63, 3.8) is 0 Å². The summed E-state index contributed by atoms with van der Waals surface area (Å²) in [6, 6.07) is 0. The molecule has 0 spiro atoms. The first kappa shape index (κ1) is 11.7. The maximum absolute atomic E-state index is 9.76. The van der Waals surface area contributed by atoms with Gasteiger partial charge in [0.2, 0.25) is 0 Å². The third-order valence-electron chi connectivity index (χ3n) is 1.48. The van der Waals surface area contributed by atoms with Gasteiger partial charge in [0.15, 0.2) is 0 Å². The third-order valence-corrected chi connectivity index (χ3v) is 1.48. The van der Waals surface area contributed by atoms with Crippen LogP contribution in [0.25, 0.3) is 0 Å². The van der Waals surface area contributed by atoms with Gasteiger partial charge in [-0.2, -0.15) is 0 Å². The first-order valence-electron chi connectivity index (χ1n) is 4.42. The molecule has 1 N–H and O–H groups in total. The summed E-state index contributed by atoms with van der Waals surface area (Å²) in [6.07, 6.45) is 9.98. The smallest absolute Gasteiger partial charge is 0.303 e. The summed E-state index contributed by atoms with van der Waals surface area (Å²) in [4.78, 5) is 9.76. The lowest BCUT2D eigenvalue weighted by Gasteiger charge is -1.85. The maximum Gasteiger partial charge on any atom is 0.303 e. The van der Waals surface area contributed by atoms with E-state index < -0.39 is 5.97 Å². The molecule has 0 saturated heterocycles. The summed E-state index contributed by atoms with van der Waals surface area (Å²) in [5.74, 6) is -0.693. The van der Waals surface area contributed by atoms with E-state index in [1.165, 1.54) is 0 Å². The summed E-state index contributed by atoms with van der Waals surface area (Å²) in [5.41, 5.74) is 1.09. The zero-order valence-electron chi connectivity index (χ0n) is 7.99. The van der Waals surface area contributed by atoms with E-state index >= 15 is 0 Å². The van der Waals surface area contributed by atoms with Crippen molar-refractivity contribution in [2.24, 2.45) is 0 Å². The normalized spacial score (nSPS) is 12.5. The second kappa shape index (κ2) is 7.35. The molecule has 0 aromatic heterocycles. The van der Waals surface area contributed by atoms with Crippen molar-refractivity contribution in [3.05, 3.63) is 36.5 Å². The van der Waals surface area contributed by atoms with Crippen LogP contribution in [0.15, 0.2) is 36.5 Å². The number of hydrogen-bond acceptors (Lipinski definition) is 1. The molecule has 2 nitrogen and oxygen atoms in total. The Labute approximate surface area is 79.3 Å². The monoisotopic (exact) mass is 180 g/mol. The van der Waals surface area contributed by atoms with Crippen LogP contribution < -0.4 is 0 Å². The molecular formula is C11H16O2. The summed E-state index contributed by atoms with van der Waals surface area (Å²) in [7, 11) is 0. The highest BCUT2D eigenvalue weighted by Crippen LogP contribution is 2.01. The molecule has 0 aromatic rings. The average molecular weight is 180 g/mol. The van der Waals surface area contributed by atoms with Crippen LogP contribution in [0, 0.1) is 0 Å². The van der Waals surface area contributed by atoms with Gasteiger partial charge in [-0.25, -0.2) is 0 Å². The van der Waals surface area contributed by atoms with E-state index in [9.17, 15) is 4.79 Å². The molecule has 2 heteroatoms. The average Bonchev–Trinajstić information content (AvgIpc) is 2.53. The number of allylic oxidation sites excluding steroid dienone is 5. The van der Waals surface area contributed by atoms with E-state index in [0.29, 0.717) is 6.42 Å². The molecule has 0 saturated carbocycles. The highest BCUT2D eigenvalue weighted by atomic mass is 16.4. The van der Waals surface area contributed by atoms with Gasteiger partial charge in [0.1, 0.15) is 0 Å². The quantitative estimate of drug-likeness (QED) is 0.725. The Kier molecular flexibility index (Phi) is 6.60. The van der Waals surface area contributed by atoms with Crippen LogP contribution in [-0.2, 0) is 4.79 Å². The highest BCUT2D eigenvalue weighted by molar-refractivity contribution is 5.66. The number of carbonyl (C=O) groups is 1. The first-order valence-corrected chi connectivity index (χ1v) is 4.42. The van der Waals surface area contributed by atoms with Gasteiger partial charge in [-0.05, 0) is 12.0 Å². The fourth-order valence-corrected chi connectivity index (χ4v) is 0.742. The molecule has 0 unspecified atom stereocenters. The second-order valence-corrected chi connectivity index (χ2v) is 2.79. The molecule has 0 atom stereocenters. The Hall–Kier alpha value is -1.31. The first-order chi connectivity index (χ1) is 6.16. The van der Waals surface area contributed by atoms with Crippen molar-refractivity contribution < 1.29 is 9.90 Å². The van der Waals surface area contributed by atoms with Gasteiger partial charge in [-0.1, -0.05) is 44.2 Å². The van der Waals surface area contributed by atoms with Crippen molar-refractivity contribution in [2.75, 3.05) is 0 Å². The van der Waals surface area contributed by atoms with Gasteiger partial charge in [-0.3, -0.25) is 4.79 Å². The van der Waals surface area contributed by atoms with Crippen LogP contribution in [0.1, 0.15) is 26.2 Å². The van der Waals surface area contributed by atoms with Crippen molar-refractivity contribution in [2.45, 2.75) is 26.2 Å². The van der Waals surface area contributed by atoms with Gasteiger partial charge in [-0.15, -0.1) is 0 Å². The maximum atomic E-state index is 9.76. The molecule has 0 aromatic carbocycles. The Balaban J connectivity index is 0.000000223. The molecule has 0 radical (unpaired) electrons. The number of rotatable bonds is 3. The number of carboxylic acid groups (broad SMARTS) is 1. The van der Waals surface area contributed by atoms with E-state index in [0.717, 1.165) is 18.4 Å². The SMILES string of the molecule is C=C1C=CC=C1.CCCCC(=O)O. The predicted octanol–water partition coefficient (Wildman–Crippen LogP) is 2.93. The van der Waals surface area contributed by atoms with Gasteiger partial charge >= 0.3 is 5.97 Å². The van der Waals surface area contributed by atoms with Gasteiger partial charge in [0.25, 0.3) is 0 Å². The summed E-state index contributed by atoms with van der Waals surface area (Å²) in [6.45, 7) is 5.66. The van der Waals surface area contributed by atoms with Crippen LogP contribution in [0.2, 0.25) is 0 Å². The summed E-state index contributed by atoms with van der Waals surface area (Å²) >= 11 is 0. The molecule has 0 heterocycles. The van der Waals surface area contributed by atoms with Crippen molar-refractivity contribution in [1.29, 1.82) is 0 Å². The second-order valence-electron chi connectivity index (χ2n) is 2.79. The zero-order valence-corrected chi connectivity index (χ0v) is 7.99. The summed E-state index contributed by atoms with van der Waals surface area (Å²) in [5, 5.41) is 8.04. The van der Waals surface area contributed by atoms with Crippen LogP contribution in [0.5, 0.6) is 0 Å². The van der Waals surface area contributed by atoms with Gasteiger partial charge in [0, 0.05) is 6.42 Å². The fourth-order valence-electron chi connectivity index (χ4n) is 0.742. The van der Waals surface area contributed by atoms with E-state index in [2.05, 4.69) is 6.58 Å². The number of unbranched alkanes of at least 4 members (excludes halogenated alkanes) is 1. The molecule has 1 aliphatic carbocycles. The lowest BCUT2D eigenvalue weighted by Crippen LogP contribution is -1.91. The lowest BCUT2D eigenvalue weighted by atomic mass is 10.3. The molecule has 13 heavy (non-hydrogen) atoms. The molecule has 0 bridgehead atoms. The molecular weight excluding hydrogens is 164 g/mol. The molecule has 0 amide bonds. The van der Waals surface area contributed by atoms with Crippen molar-refractivity contribution in [1.82, 2.24) is 0 Å². The van der Waals surface area contributed by atoms with Crippen LogP contribution >= 0.6 is 0 Å². The topological polar surface area (TPSA) is 37.3 Å². The van der Waals surface area contributed by atoms with E-state index in [4.69, 9.17) is 5.11 Å². The van der Waals surface area contributed by atoms with E-state index in [1.807, 2.05) is 31.2 Å². The molecule has 0 fully saturated rings. The lowest BCUT2D eigenvalue weighted by molar-refractivity contribution is -0.137. The van der Waals surface area contributed by atoms with Crippen molar-refractivity contribution in [3.8, 4) is 0 Å². The van der Waals surface area contributed by atoms with Crippen LogP contribution in [-0.4, -0.2) is 11.1 Å². The number of aliphatic carboxylic acids is 1. The largest absolute Gasteiger partial charge is 0.481 e. The van der Waals surface area contributed by atoms with Crippen LogP contribution in [0.4, 0.5) is 0 Å². The van der Waals surface area contributed by atoms with Crippen molar-refractivity contribution >= 4 is 5.97 Å². The number of hydrogen-bond donors (Lipinski definition) is 1. The molecule has 1 aliphatic rings. The predicted molar refractivity (Wildman–Crippen MR) is 54.6 cm³/mol. The minimum absolute atomic E-state index is 0.316. The Morgan fingerprint density at radius 1 is 1.46 bits per heavy atom. The highest BCUT2D eigenvalue weighted by Gasteiger charge is 1.90. The number of carboxylic acids is 1. The molecule has 72 valence electrons. The molecule has 0 aliphatic heterocycles. The van der Waals surface area contributed by atoms with Gasteiger partial charge < -0.3 is 5.11 Å². The standard InChI is InChI=1S/C6H6.C5H10O2/c1-6-4-2-3-5-6;1-2-3-4-5(6)7/h2-5H,1H2;2-4H2,1H3,(H,6,7). The Bertz CT molecular complexity index is 210. The minimum Gasteiger partial charge on any atom is -0.481 e. The summed E-state index contributed by atoms with van der Waals surface area (Å²) < 4.78 is 0. The Morgan fingerprint density at radius 3 is 2.15 bits per heavy atom. The van der Waals surface area contributed by atoms with Gasteiger partial charge in [0.05, 0.1) is 0 Å². The zero-order chi connectivity index (χ0) is 10.1. The molecule has 1 rings (SSSR count). The third kappa shape index (κ3) is 8.60. The Morgan fingerprint density at radius 2 is 2.00 bits per heavy atom. The van der Waals surface area contributed by atoms with E-state index in [-0.39, 0.29) is 0 Å². The van der Waals surface area contributed by atoms with Crippen LogP contribution in [0.3, 0.4) is 0 Å².